The molecule has 5 rings (SSSR count). The van der Waals surface area contributed by atoms with Crippen LogP contribution in [0.15, 0.2) is 57.5 Å². The molecule has 3 aromatic heterocycles. The SMILES string of the molecule is Cc1ccc2c(c1)C(c1ccc(C)o1)(c1ccc(C)o1)C(=O)c1nc(C)cnc1-2. The van der Waals surface area contributed by atoms with E-state index in [0.29, 0.717) is 28.6 Å². The third-order valence-electron chi connectivity index (χ3n) is 5.50. The number of rotatable bonds is 2. The Kier molecular flexibility index (Phi) is 3.65. The Labute approximate surface area is 168 Å². The van der Waals surface area contributed by atoms with Crippen LogP contribution in [0, 0.1) is 27.7 Å². The van der Waals surface area contributed by atoms with Crippen LogP contribution in [0.5, 0.6) is 0 Å². The highest BCUT2D eigenvalue weighted by Crippen LogP contribution is 2.50. The fourth-order valence-corrected chi connectivity index (χ4v) is 4.19. The van der Waals surface area contributed by atoms with Crippen molar-refractivity contribution in [1.82, 2.24) is 9.97 Å². The summed E-state index contributed by atoms with van der Waals surface area (Å²) in [5.74, 6) is 2.31. The summed E-state index contributed by atoms with van der Waals surface area (Å²) in [4.78, 5) is 23.3. The van der Waals surface area contributed by atoms with E-state index in [9.17, 15) is 4.79 Å². The van der Waals surface area contributed by atoms with Crippen LogP contribution in [0.2, 0.25) is 0 Å². The molecule has 0 unspecified atom stereocenters. The van der Waals surface area contributed by atoms with Crippen LogP contribution in [-0.4, -0.2) is 15.8 Å². The molecule has 0 bridgehead atoms. The summed E-state index contributed by atoms with van der Waals surface area (Å²) in [5.41, 5.74) is 3.07. The van der Waals surface area contributed by atoms with Gasteiger partial charge in [-0.05, 0) is 57.5 Å². The molecule has 4 aromatic rings. The number of nitrogens with zero attached hydrogens (tertiary/aromatic N) is 2. The minimum Gasteiger partial charge on any atom is -0.464 e. The molecule has 0 saturated heterocycles. The van der Waals surface area contributed by atoms with Crippen LogP contribution >= 0.6 is 0 Å². The second kappa shape index (κ2) is 6.01. The average molecular weight is 384 g/mol. The van der Waals surface area contributed by atoms with Gasteiger partial charge in [-0.25, -0.2) is 4.98 Å². The van der Waals surface area contributed by atoms with Gasteiger partial charge in [-0.3, -0.25) is 9.78 Å². The molecule has 5 heteroatoms. The number of aryl methyl sites for hydroxylation is 4. The standard InChI is InChI=1S/C24H20N2O3/c1-13-5-8-17-18(11-13)24(19-9-6-15(3)28-19,20-10-7-16(4)29-20)23(27)22-21(17)25-12-14(2)26-22/h5-12H,1-4H3. The first-order valence-corrected chi connectivity index (χ1v) is 9.55. The van der Waals surface area contributed by atoms with E-state index >= 15 is 0 Å². The van der Waals surface area contributed by atoms with Gasteiger partial charge in [0.2, 0.25) is 5.78 Å². The molecular weight excluding hydrogens is 364 g/mol. The zero-order valence-corrected chi connectivity index (χ0v) is 16.7. The Hall–Kier alpha value is -3.47. The van der Waals surface area contributed by atoms with Crippen molar-refractivity contribution >= 4 is 5.78 Å². The minimum atomic E-state index is -1.25. The van der Waals surface area contributed by atoms with Crippen LogP contribution in [0.25, 0.3) is 11.3 Å². The smallest absolute Gasteiger partial charge is 0.209 e. The van der Waals surface area contributed by atoms with E-state index in [-0.39, 0.29) is 5.78 Å². The third-order valence-corrected chi connectivity index (χ3v) is 5.50. The molecule has 0 saturated carbocycles. The molecule has 0 radical (unpaired) electrons. The highest BCUT2D eigenvalue weighted by atomic mass is 16.4. The van der Waals surface area contributed by atoms with Gasteiger partial charge < -0.3 is 8.83 Å². The highest BCUT2D eigenvalue weighted by Gasteiger charge is 2.55. The molecule has 29 heavy (non-hydrogen) atoms. The average Bonchev–Trinajstić information content (AvgIpc) is 3.31. The van der Waals surface area contributed by atoms with Gasteiger partial charge in [0.15, 0.2) is 5.41 Å². The Bertz CT molecular complexity index is 1240. The lowest BCUT2D eigenvalue weighted by Crippen LogP contribution is -2.42. The number of ketones is 1. The van der Waals surface area contributed by atoms with E-state index in [1.54, 1.807) is 6.20 Å². The first kappa shape index (κ1) is 17.6. The van der Waals surface area contributed by atoms with Gasteiger partial charge in [0.05, 0.1) is 11.4 Å². The number of carbonyl (C=O) groups excluding carboxylic acids is 1. The molecule has 3 heterocycles. The summed E-state index contributed by atoms with van der Waals surface area (Å²) in [6.07, 6.45) is 1.69. The van der Waals surface area contributed by atoms with Crippen LogP contribution in [0.4, 0.5) is 0 Å². The molecule has 0 fully saturated rings. The maximum Gasteiger partial charge on any atom is 0.209 e. The van der Waals surface area contributed by atoms with Crippen LogP contribution in [0.3, 0.4) is 0 Å². The Balaban J connectivity index is 1.97. The predicted octanol–water partition coefficient (Wildman–Crippen LogP) is 5.09. The van der Waals surface area contributed by atoms with Crippen molar-refractivity contribution in [3.63, 3.8) is 0 Å². The maximum absolute atomic E-state index is 14.2. The molecule has 0 N–H and O–H groups in total. The molecule has 1 aromatic carbocycles. The van der Waals surface area contributed by atoms with E-state index in [2.05, 4.69) is 9.97 Å². The van der Waals surface area contributed by atoms with Gasteiger partial charge >= 0.3 is 0 Å². The maximum atomic E-state index is 14.2. The van der Waals surface area contributed by atoms with Gasteiger partial charge in [-0.2, -0.15) is 0 Å². The topological polar surface area (TPSA) is 69.1 Å². The number of hydrogen-bond donors (Lipinski definition) is 0. The Morgan fingerprint density at radius 1 is 0.828 bits per heavy atom. The van der Waals surface area contributed by atoms with E-state index in [0.717, 1.165) is 28.2 Å². The quantitative estimate of drug-likeness (QED) is 0.481. The summed E-state index contributed by atoms with van der Waals surface area (Å²) in [5, 5.41) is 0. The molecule has 0 atom stereocenters. The summed E-state index contributed by atoms with van der Waals surface area (Å²) in [6.45, 7) is 7.58. The van der Waals surface area contributed by atoms with Crippen molar-refractivity contribution in [2.75, 3.05) is 0 Å². The van der Waals surface area contributed by atoms with Gasteiger partial charge in [-0.1, -0.05) is 23.8 Å². The number of Topliss-reactive ketones (excluding diaryl/α,β-unsaturated/α-hetero) is 1. The number of carbonyl (C=O) groups is 1. The fraction of sp³-hybridized carbons (Fsp3) is 0.208. The van der Waals surface area contributed by atoms with E-state index < -0.39 is 5.41 Å². The molecule has 0 aliphatic heterocycles. The number of benzene rings is 1. The monoisotopic (exact) mass is 384 g/mol. The van der Waals surface area contributed by atoms with Crippen molar-refractivity contribution in [1.29, 1.82) is 0 Å². The van der Waals surface area contributed by atoms with Gasteiger partial charge in [0, 0.05) is 11.8 Å². The van der Waals surface area contributed by atoms with Crippen molar-refractivity contribution in [3.8, 4) is 11.3 Å². The summed E-state index contributed by atoms with van der Waals surface area (Å²) < 4.78 is 12.1. The molecular formula is C24H20N2O3. The number of furan rings is 2. The van der Waals surface area contributed by atoms with Crippen LogP contribution < -0.4 is 0 Å². The van der Waals surface area contributed by atoms with Crippen molar-refractivity contribution in [2.24, 2.45) is 0 Å². The van der Waals surface area contributed by atoms with Crippen molar-refractivity contribution < 1.29 is 13.6 Å². The molecule has 0 spiro atoms. The zero-order valence-electron chi connectivity index (χ0n) is 16.7. The highest BCUT2D eigenvalue weighted by molar-refractivity contribution is 6.14. The van der Waals surface area contributed by atoms with Gasteiger partial charge in [0.1, 0.15) is 28.7 Å². The predicted molar refractivity (Wildman–Crippen MR) is 108 cm³/mol. The first-order valence-electron chi connectivity index (χ1n) is 9.55. The largest absolute Gasteiger partial charge is 0.464 e. The Morgan fingerprint density at radius 2 is 1.48 bits per heavy atom. The van der Waals surface area contributed by atoms with E-state index in [1.165, 1.54) is 0 Å². The number of hydrogen-bond acceptors (Lipinski definition) is 5. The summed E-state index contributed by atoms with van der Waals surface area (Å²) in [7, 11) is 0. The van der Waals surface area contributed by atoms with Crippen LogP contribution in [0.1, 0.15) is 50.4 Å². The third kappa shape index (κ3) is 2.37. The van der Waals surface area contributed by atoms with Crippen molar-refractivity contribution in [3.05, 3.63) is 94.2 Å². The molecule has 5 nitrogen and oxygen atoms in total. The lowest BCUT2D eigenvalue weighted by Gasteiger charge is -2.35. The minimum absolute atomic E-state index is 0.189. The molecule has 0 amide bonds. The van der Waals surface area contributed by atoms with Gasteiger partial charge in [0.25, 0.3) is 0 Å². The summed E-state index contributed by atoms with van der Waals surface area (Å²) in [6, 6.07) is 13.5. The fourth-order valence-electron chi connectivity index (χ4n) is 4.19. The lowest BCUT2D eigenvalue weighted by atomic mass is 9.66. The number of aromatic nitrogens is 2. The normalized spacial score (nSPS) is 14.6. The molecule has 1 aliphatic carbocycles. The number of fused-ring (bicyclic) bond motifs is 3. The second-order valence-electron chi connectivity index (χ2n) is 7.66. The Morgan fingerprint density at radius 3 is 2.07 bits per heavy atom. The molecule has 144 valence electrons. The lowest BCUT2D eigenvalue weighted by molar-refractivity contribution is 0.0898. The second-order valence-corrected chi connectivity index (χ2v) is 7.66. The first-order chi connectivity index (χ1) is 13.9. The van der Waals surface area contributed by atoms with Gasteiger partial charge in [-0.15, -0.1) is 0 Å². The van der Waals surface area contributed by atoms with E-state index in [1.807, 2.05) is 70.2 Å². The zero-order chi connectivity index (χ0) is 20.3. The summed E-state index contributed by atoms with van der Waals surface area (Å²) >= 11 is 0. The molecule has 1 aliphatic rings. The van der Waals surface area contributed by atoms with E-state index in [4.69, 9.17) is 8.83 Å². The van der Waals surface area contributed by atoms with Crippen LogP contribution in [-0.2, 0) is 5.41 Å². The van der Waals surface area contributed by atoms with Crippen molar-refractivity contribution in [2.45, 2.75) is 33.1 Å².